The van der Waals surface area contributed by atoms with Crippen LogP contribution < -0.4 is 5.73 Å². The van der Waals surface area contributed by atoms with E-state index in [-0.39, 0.29) is 13.0 Å². The standard InChI is InChI=1S/C11H13F2NO2/c12-10(13)5-7-2-1-3-8(4-7)9(6-14)11(15)16/h1-4,9-10H,5-6,14H2,(H,15,16). The third-order valence-corrected chi connectivity index (χ3v) is 2.28. The third kappa shape index (κ3) is 3.27. The van der Waals surface area contributed by atoms with Crippen LogP contribution in [0, 0.1) is 0 Å². The van der Waals surface area contributed by atoms with Gasteiger partial charge in [-0.2, -0.15) is 0 Å². The fourth-order valence-electron chi connectivity index (χ4n) is 1.49. The smallest absolute Gasteiger partial charge is 0.312 e. The van der Waals surface area contributed by atoms with Gasteiger partial charge in [0.2, 0.25) is 6.43 Å². The number of hydrogen-bond acceptors (Lipinski definition) is 2. The number of aliphatic carboxylic acids is 1. The largest absolute Gasteiger partial charge is 0.481 e. The Kier molecular flexibility index (Phi) is 4.37. The Bertz CT molecular complexity index is 369. The monoisotopic (exact) mass is 229 g/mol. The van der Waals surface area contributed by atoms with Gasteiger partial charge in [-0.15, -0.1) is 0 Å². The van der Waals surface area contributed by atoms with E-state index in [0.29, 0.717) is 11.1 Å². The fraction of sp³-hybridized carbons (Fsp3) is 0.364. The van der Waals surface area contributed by atoms with Gasteiger partial charge in [-0.3, -0.25) is 4.79 Å². The first-order chi connectivity index (χ1) is 7.54. The molecule has 0 aromatic heterocycles. The molecule has 0 aliphatic carbocycles. The van der Waals surface area contributed by atoms with Crippen LogP contribution in [0.5, 0.6) is 0 Å². The lowest BCUT2D eigenvalue weighted by molar-refractivity contribution is -0.138. The van der Waals surface area contributed by atoms with Crippen LogP contribution in [-0.4, -0.2) is 24.0 Å². The van der Waals surface area contributed by atoms with E-state index in [9.17, 15) is 13.6 Å². The van der Waals surface area contributed by atoms with Crippen molar-refractivity contribution < 1.29 is 18.7 Å². The first kappa shape index (κ1) is 12.6. The Hall–Kier alpha value is -1.49. The molecule has 1 atom stereocenters. The molecule has 0 aliphatic rings. The zero-order valence-corrected chi connectivity index (χ0v) is 8.57. The molecule has 0 aliphatic heterocycles. The summed E-state index contributed by atoms with van der Waals surface area (Å²) in [5.74, 6) is -1.88. The Balaban J connectivity index is 2.92. The third-order valence-electron chi connectivity index (χ3n) is 2.28. The van der Waals surface area contributed by atoms with E-state index in [1.165, 1.54) is 6.07 Å². The zero-order chi connectivity index (χ0) is 12.1. The van der Waals surface area contributed by atoms with Crippen LogP contribution in [0.25, 0.3) is 0 Å². The summed E-state index contributed by atoms with van der Waals surface area (Å²) < 4.78 is 24.3. The maximum absolute atomic E-state index is 12.2. The van der Waals surface area contributed by atoms with E-state index < -0.39 is 18.3 Å². The highest BCUT2D eigenvalue weighted by atomic mass is 19.3. The van der Waals surface area contributed by atoms with Crippen LogP contribution in [0.4, 0.5) is 8.78 Å². The average Bonchev–Trinajstić information content (AvgIpc) is 2.17. The maximum atomic E-state index is 12.2. The summed E-state index contributed by atoms with van der Waals surface area (Å²) in [7, 11) is 0. The van der Waals surface area contributed by atoms with Crippen molar-refractivity contribution in [3.63, 3.8) is 0 Å². The molecular formula is C11H13F2NO2. The summed E-state index contributed by atoms with van der Waals surface area (Å²) in [5.41, 5.74) is 6.22. The molecule has 1 unspecified atom stereocenters. The number of halogens is 2. The molecule has 0 radical (unpaired) electrons. The highest BCUT2D eigenvalue weighted by Gasteiger charge is 2.18. The molecule has 88 valence electrons. The van der Waals surface area contributed by atoms with Crippen LogP contribution >= 0.6 is 0 Å². The number of nitrogens with two attached hydrogens (primary N) is 1. The SMILES string of the molecule is NCC(C(=O)O)c1cccc(CC(F)F)c1. The van der Waals surface area contributed by atoms with Crippen molar-refractivity contribution in [2.24, 2.45) is 5.73 Å². The summed E-state index contributed by atoms with van der Waals surface area (Å²) in [5, 5.41) is 8.87. The van der Waals surface area contributed by atoms with Crippen LogP contribution in [0.2, 0.25) is 0 Å². The number of alkyl halides is 2. The van der Waals surface area contributed by atoms with E-state index in [1.54, 1.807) is 18.2 Å². The van der Waals surface area contributed by atoms with Gasteiger partial charge in [0.05, 0.1) is 5.92 Å². The molecule has 1 aromatic rings. The van der Waals surface area contributed by atoms with Crippen molar-refractivity contribution in [3.8, 4) is 0 Å². The van der Waals surface area contributed by atoms with Gasteiger partial charge in [0.1, 0.15) is 0 Å². The molecule has 0 heterocycles. The topological polar surface area (TPSA) is 63.3 Å². The minimum atomic E-state index is -2.43. The van der Waals surface area contributed by atoms with E-state index in [0.717, 1.165) is 0 Å². The Morgan fingerprint density at radius 3 is 2.62 bits per heavy atom. The Morgan fingerprint density at radius 2 is 2.12 bits per heavy atom. The molecule has 0 spiro atoms. The quantitative estimate of drug-likeness (QED) is 0.806. The van der Waals surface area contributed by atoms with Crippen LogP contribution in [0.1, 0.15) is 17.0 Å². The Labute approximate surface area is 91.9 Å². The van der Waals surface area contributed by atoms with Gasteiger partial charge in [0.25, 0.3) is 0 Å². The Morgan fingerprint density at radius 1 is 1.44 bits per heavy atom. The summed E-state index contributed by atoms with van der Waals surface area (Å²) in [6.07, 6.45) is -2.80. The predicted molar refractivity (Wildman–Crippen MR) is 55.6 cm³/mol. The molecule has 3 nitrogen and oxygen atoms in total. The molecule has 0 bridgehead atoms. The van der Waals surface area contributed by atoms with Gasteiger partial charge >= 0.3 is 5.97 Å². The van der Waals surface area contributed by atoms with Gasteiger partial charge in [0, 0.05) is 13.0 Å². The maximum Gasteiger partial charge on any atom is 0.312 e. The molecule has 5 heteroatoms. The minimum absolute atomic E-state index is 0.0481. The van der Waals surface area contributed by atoms with Crippen molar-refractivity contribution in [3.05, 3.63) is 35.4 Å². The van der Waals surface area contributed by atoms with Gasteiger partial charge in [-0.05, 0) is 11.1 Å². The summed E-state index contributed by atoms with van der Waals surface area (Å²) >= 11 is 0. The second kappa shape index (κ2) is 5.55. The van der Waals surface area contributed by atoms with Crippen molar-refractivity contribution in [2.75, 3.05) is 6.54 Å². The molecule has 16 heavy (non-hydrogen) atoms. The van der Waals surface area contributed by atoms with E-state index in [4.69, 9.17) is 10.8 Å². The number of rotatable bonds is 5. The van der Waals surface area contributed by atoms with Crippen molar-refractivity contribution >= 4 is 5.97 Å². The molecule has 0 saturated carbocycles. The number of benzene rings is 1. The highest BCUT2D eigenvalue weighted by molar-refractivity contribution is 5.76. The second-order valence-corrected chi connectivity index (χ2v) is 3.47. The molecule has 1 rings (SSSR count). The first-order valence-corrected chi connectivity index (χ1v) is 4.84. The molecule has 0 saturated heterocycles. The lowest BCUT2D eigenvalue weighted by Gasteiger charge is -2.11. The lowest BCUT2D eigenvalue weighted by atomic mass is 9.97. The van der Waals surface area contributed by atoms with Crippen molar-refractivity contribution in [1.29, 1.82) is 0 Å². The van der Waals surface area contributed by atoms with Crippen LogP contribution in [-0.2, 0) is 11.2 Å². The van der Waals surface area contributed by atoms with Crippen LogP contribution in [0.3, 0.4) is 0 Å². The summed E-state index contributed by atoms with van der Waals surface area (Å²) in [6, 6.07) is 6.17. The average molecular weight is 229 g/mol. The summed E-state index contributed by atoms with van der Waals surface area (Å²) in [4.78, 5) is 10.8. The molecule has 1 aromatic carbocycles. The van der Waals surface area contributed by atoms with Crippen molar-refractivity contribution in [2.45, 2.75) is 18.8 Å². The lowest BCUT2D eigenvalue weighted by Crippen LogP contribution is -2.21. The fourth-order valence-corrected chi connectivity index (χ4v) is 1.49. The number of carbonyl (C=O) groups is 1. The van der Waals surface area contributed by atoms with Gasteiger partial charge in [-0.1, -0.05) is 24.3 Å². The van der Waals surface area contributed by atoms with E-state index in [1.807, 2.05) is 0 Å². The van der Waals surface area contributed by atoms with Crippen molar-refractivity contribution in [1.82, 2.24) is 0 Å². The minimum Gasteiger partial charge on any atom is -0.481 e. The molecule has 0 fully saturated rings. The summed E-state index contributed by atoms with van der Waals surface area (Å²) in [6.45, 7) is -0.0481. The highest BCUT2D eigenvalue weighted by Crippen LogP contribution is 2.18. The molecule has 0 amide bonds. The van der Waals surface area contributed by atoms with E-state index >= 15 is 0 Å². The number of carboxylic acid groups (broad SMARTS) is 1. The number of carboxylic acids is 1. The van der Waals surface area contributed by atoms with Gasteiger partial charge < -0.3 is 10.8 Å². The molecule has 3 N–H and O–H groups in total. The van der Waals surface area contributed by atoms with Gasteiger partial charge in [-0.25, -0.2) is 8.78 Å². The zero-order valence-electron chi connectivity index (χ0n) is 8.57. The normalized spacial score (nSPS) is 12.8. The van der Waals surface area contributed by atoms with Gasteiger partial charge in [0.15, 0.2) is 0 Å². The second-order valence-electron chi connectivity index (χ2n) is 3.47. The predicted octanol–water partition coefficient (Wildman–Crippen LogP) is 1.62. The van der Waals surface area contributed by atoms with E-state index in [2.05, 4.69) is 0 Å². The number of hydrogen-bond donors (Lipinski definition) is 2. The molecular weight excluding hydrogens is 216 g/mol. The first-order valence-electron chi connectivity index (χ1n) is 4.84. The van der Waals surface area contributed by atoms with Crippen LogP contribution in [0.15, 0.2) is 24.3 Å².